The van der Waals surface area contributed by atoms with Gasteiger partial charge in [0.05, 0.1) is 5.75 Å². The summed E-state index contributed by atoms with van der Waals surface area (Å²) in [5, 5.41) is 12.5. The third kappa shape index (κ3) is 5.08. The van der Waals surface area contributed by atoms with Gasteiger partial charge in [0.15, 0.2) is 5.16 Å². The molecule has 2 aromatic rings. The van der Waals surface area contributed by atoms with Crippen LogP contribution >= 0.6 is 11.8 Å². The lowest BCUT2D eigenvalue weighted by atomic mass is 10.1. The van der Waals surface area contributed by atoms with Crippen molar-refractivity contribution in [1.82, 2.24) is 20.1 Å². The van der Waals surface area contributed by atoms with Gasteiger partial charge in [0.2, 0.25) is 5.91 Å². The van der Waals surface area contributed by atoms with E-state index in [1.165, 1.54) is 30.2 Å². The number of aromatic nitrogens is 3. The highest BCUT2D eigenvalue weighted by Crippen LogP contribution is 2.39. The summed E-state index contributed by atoms with van der Waals surface area (Å²) in [5.74, 6) is 2.11. The van der Waals surface area contributed by atoms with Gasteiger partial charge in [0.25, 0.3) is 0 Å². The summed E-state index contributed by atoms with van der Waals surface area (Å²) in [6, 6.07) is 10.5. The van der Waals surface area contributed by atoms with E-state index < -0.39 is 0 Å². The van der Waals surface area contributed by atoms with Gasteiger partial charge in [-0.05, 0) is 45.1 Å². The number of benzene rings is 1. The fourth-order valence-electron chi connectivity index (χ4n) is 2.89. The molecular formula is C19H26N4OS. The number of hydrogen-bond donors (Lipinski definition) is 1. The molecule has 1 aliphatic carbocycles. The highest BCUT2D eigenvalue weighted by atomic mass is 32.2. The predicted octanol–water partition coefficient (Wildman–Crippen LogP) is 3.41. The zero-order valence-electron chi connectivity index (χ0n) is 14.9. The summed E-state index contributed by atoms with van der Waals surface area (Å²) in [6.45, 7) is 5.02. The zero-order valence-corrected chi connectivity index (χ0v) is 15.8. The minimum absolute atomic E-state index is 0.0594. The molecule has 6 heteroatoms. The number of amides is 1. The molecule has 1 aromatic carbocycles. The molecule has 1 heterocycles. The van der Waals surface area contributed by atoms with E-state index >= 15 is 0 Å². The molecule has 1 amide bonds. The molecule has 0 aliphatic heterocycles. The maximum atomic E-state index is 12.2. The highest BCUT2D eigenvalue weighted by molar-refractivity contribution is 7.99. The van der Waals surface area contributed by atoms with Crippen LogP contribution in [0.1, 0.15) is 50.4 Å². The molecule has 0 saturated heterocycles. The molecule has 0 spiro atoms. The van der Waals surface area contributed by atoms with Crippen molar-refractivity contribution in [2.45, 2.75) is 63.2 Å². The minimum atomic E-state index is 0.0594. The van der Waals surface area contributed by atoms with Crippen LogP contribution in [0.2, 0.25) is 0 Å². The van der Waals surface area contributed by atoms with Crippen LogP contribution in [0.5, 0.6) is 0 Å². The first-order valence-electron chi connectivity index (χ1n) is 9.06. The van der Waals surface area contributed by atoms with Gasteiger partial charge in [-0.25, -0.2) is 0 Å². The van der Waals surface area contributed by atoms with Gasteiger partial charge in [-0.1, -0.05) is 42.1 Å². The van der Waals surface area contributed by atoms with Crippen LogP contribution < -0.4 is 5.32 Å². The number of nitrogens with one attached hydrogen (secondary N) is 1. The van der Waals surface area contributed by atoms with E-state index in [1.54, 1.807) is 0 Å². The Morgan fingerprint density at radius 2 is 2.08 bits per heavy atom. The highest BCUT2D eigenvalue weighted by Gasteiger charge is 2.30. The molecule has 1 saturated carbocycles. The predicted molar refractivity (Wildman–Crippen MR) is 101 cm³/mol. The number of carbonyl (C=O) groups is 1. The van der Waals surface area contributed by atoms with Gasteiger partial charge in [-0.3, -0.25) is 4.79 Å². The first kappa shape index (κ1) is 18.0. The number of nitrogens with zero attached hydrogens (tertiary/aromatic N) is 3. The van der Waals surface area contributed by atoms with E-state index in [0.717, 1.165) is 30.4 Å². The summed E-state index contributed by atoms with van der Waals surface area (Å²) < 4.78 is 2.15. The molecule has 134 valence electrons. The van der Waals surface area contributed by atoms with Crippen molar-refractivity contribution in [3.8, 4) is 0 Å². The summed E-state index contributed by atoms with van der Waals surface area (Å²) in [4.78, 5) is 12.2. The number of aryl methyl sites for hydroxylation is 1. The van der Waals surface area contributed by atoms with Crippen molar-refractivity contribution in [2.24, 2.45) is 0 Å². The second-order valence-corrected chi connectivity index (χ2v) is 7.58. The molecule has 1 atom stereocenters. The molecule has 1 aliphatic rings. The van der Waals surface area contributed by atoms with E-state index in [9.17, 15) is 4.79 Å². The quantitative estimate of drug-likeness (QED) is 0.698. The van der Waals surface area contributed by atoms with Gasteiger partial charge >= 0.3 is 0 Å². The van der Waals surface area contributed by atoms with Gasteiger partial charge in [0, 0.05) is 18.5 Å². The van der Waals surface area contributed by atoms with Crippen molar-refractivity contribution in [1.29, 1.82) is 0 Å². The van der Waals surface area contributed by atoms with Crippen molar-refractivity contribution < 1.29 is 4.79 Å². The van der Waals surface area contributed by atoms with Crippen molar-refractivity contribution in [2.75, 3.05) is 5.75 Å². The molecule has 1 N–H and O–H groups in total. The molecule has 3 rings (SSSR count). The first-order valence-corrected chi connectivity index (χ1v) is 10.0. The topological polar surface area (TPSA) is 59.8 Å². The Morgan fingerprint density at radius 1 is 1.32 bits per heavy atom. The van der Waals surface area contributed by atoms with Gasteiger partial charge < -0.3 is 9.88 Å². The summed E-state index contributed by atoms with van der Waals surface area (Å²) >= 11 is 1.48. The molecule has 25 heavy (non-hydrogen) atoms. The van der Waals surface area contributed by atoms with E-state index in [1.807, 2.05) is 6.07 Å². The SMILES string of the molecule is CCn1c(SCC(=O)N[C@@H](C)CCc2ccccc2)nnc1C1CC1. The van der Waals surface area contributed by atoms with Crippen molar-refractivity contribution >= 4 is 17.7 Å². The Kier molecular flexibility index (Phi) is 6.13. The molecule has 1 fully saturated rings. The number of carbonyl (C=O) groups excluding carboxylic acids is 1. The van der Waals surface area contributed by atoms with Gasteiger partial charge in [-0.2, -0.15) is 0 Å². The van der Waals surface area contributed by atoms with E-state index in [-0.39, 0.29) is 11.9 Å². The normalized spacial score (nSPS) is 15.1. The number of thioether (sulfide) groups is 1. The molecule has 0 unspecified atom stereocenters. The lowest BCUT2D eigenvalue weighted by Gasteiger charge is -2.14. The Bertz CT molecular complexity index is 697. The monoisotopic (exact) mass is 358 g/mol. The van der Waals surface area contributed by atoms with Crippen molar-refractivity contribution in [3.05, 3.63) is 41.7 Å². The van der Waals surface area contributed by atoms with Crippen LogP contribution in [0.15, 0.2) is 35.5 Å². The Morgan fingerprint density at radius 3 is 2.76 bits per heavy atom. The Labute approximate surface area is 153 Å². The smallest absolute Gasteiger partial charge is 0.230 e. The maximum absolute atomic E-state index is 12.2. The average molecular weight is 359 g/mol. The van der Waals surface area contributed by atoms with Gasteiger partial charge in [-0.15, -0.1) is 10.2 Å². The van der Waals surface area contributed by atoms with E-state index in [2.05, 4.69) is 58.2 Å². The van der Waals surface area contributed by atoms with Crippen LogP contribution in [0.4, 0.5) is 0 Å². The van der Waals surface area contributed by atoms with Crippen LogP contribution in [-0.4, -0.2) is 32.5 Å². The molecular weight excluding hydrogens is 332 g/mol. The fourth-order valence-corrected chi connectivity index (χ4v) is 3.71. The zero-order chi connectivity index (χ0) is 17.6. The van der Waals surface area contributed by atoms with E-state index in [0.29, 0.717) is 11.7 Å². The van der Waals surface area contributed by atoms with Gasteiger partial charge in [0.1, 0.15) is 5.82 Å². The first-order chi connectivity index (χ1) is 12.2. The average Bonchev–Trinajstić information content (AvgIpc) is 3.39. The molecule has 0 radical (unpaired) electrons. The van der Waals surface area contributed by atoms with E-state index in [4.69, 9.17) is 0 Å². The second kappa shape index (κ2) is 8.52. The Hall–Kier alpha value is -1.82. The maximum Gasteiger partial charge on any atom is 0.230 e. The minimum Gasteiger partial charge on any atom is -0.353 e. The second-order valence-electron chi connectivity index (χ2n) is 6.64. The van der Waals surface area contributed by atoms with Crippen LogP contribution in [0.25, 0.3) is 0 Å². The summed E-state index contributed by atoms with van der Waals surface area (Å²) in [7, 11) is 0. The lowest BCUT2D eigenvalue weighted by molar-refractivity contribution is -0.119. The van der Waals surface area contributed by atoms with Crippen LogP contribution in [0, 0.1) is 0 Å². The largest absolute Gasteiger partial charge is 0.353 e. The fraction of sp³-hybridized carbons (Fsp3) is 0.526. The summed E-state index contributed by atoms with van der Waals surface area (Å²) in [6.07, 6.45) is 4.34. The standard InChI is InChI=1S/C19H26N4OS/c1-3-23-18(16-11-12-16)21-22-19(23)25-13-17(24)20-14(2)9-10-15-7-5-4-6-8-15/h4-8,14,16H,3,9-13H2,1-2H3,(H,20,24)/t14-/m0/s1. The van der Waals surface area contributed by atoms with Crippen molar-refractivity contribution in [3.63, 3.8) is 0 Å². The van der Waals surface area contributed by atoms with Crippen LogP contribution in [-0.2, 0) is 17.8 Å². The number of rotatable bonds is 9. The van der Waals surface area contributed by atoms with Crippen LogP contribution in [0.3, 0.4) is 0 Å². The molecule has 1 aromatic heterocycles. The number of hydrogen-bond acceptors (Lipinski definition) is 4. The Balaban J connectivity index is 1.43. The third-order valence-electron chi connectivity index (χ3n) is 4.45. The third-order valence-corrected chi connectivity index (χ3v) is 5.42. The lowest BCUT2D eigenvalue weighted by Crippen LogP contribution is -2.34. The summed E-state index contributed by atoms with van der Waals surface area (Å²) in [5.41, 5.74) is 1.31. The molecule has 0 bridgehead atoms. The molecule has 5 nitrogen and oxygen atoms in total.